The molecule has 0 aliphatic heterocycles. The van der Waals surface area contributed by atoms with E-state index >= 15 is 0 Å². The number of carbonyl (C=O) groups is 1. The number of hydrogen-bond acceptors (Lipinski definition) is 3. The van der Waals surface area contributed by atoms with Gasteiger partial charge in [0.25, 0.3) is 0 Å². The minimum Gasteiger partial charge on any atom is -0.349 e. The first-order valence-electron chi connectivity index (χ1n) is 9.71. The van der Waals surface area contributed by atoms with Crippen molar-refractivity contribution < 1.29 is 13.2 Å². The van der Waals surface area contributed by atoms with E-state index in [0.717, 1.165) is 18.2 Å². The summed E-state index contributed by atoms with van der Waals surface area (Å²) < 4.78 is 25.6. The Hall–Kier alpha value is -2.05. The van der Waals surface area contributed by atoms with Crippen molar-refractivity contribution in [3.63, 3.8) is 0 Å². The fourth-order valence-corrected chi connectivity index (χ4v) is 4.31. The Bertz CT molecular complexity index is 960. The summed E-state index contributed by atoms with van der Waals surface area (Å²) in [6, 6.07) is 12.9. The third kappa shape index (κ3) is 6.75. The average molecular weight is 437 g/mol. The average Bonchev–Trinajstić information content (AvgIpc) is 2.64. The van der Waals surface area contributed by atoms with Crippen molar-refractivity contribution in [1.29, 1.82) is 0 Å². The van der Waals surface area contributed by atoms with Crippen LogP contribution in [0.25, 0.3) is 0 Å². The topological polar surface area (TPSA) is 66.5 Å². The lowest BCUT2D eigenvalue weighted by atomic mass is 9.99. The molecule has 1 unspecified atom stereocenters. The summed E-state index contributed by atoms with van der Waals surface area (Å²) in [5, 5.41) is 3.53. The van der Waals surface area contributed by atoms with Crippen LogP contribution in [-0.4, -0.2) is 27.1 Å². The van der Waals surface area contributed by atoms with Crippen LogP contribution in [0.4, 0.5) is 5.69 Å². The molecule has 0 aliphatic rings. The van der Waals surface area contributed by atoms with Gasteiger partial charge in [-0.1, -0.05) is 42.8 Å². The Morgan fingerprint density at radius 3 is 2.45 bits per heavy atom. The molecule has 0 fully saturated rings. The molecule has 2 aromatic carbocycles. The molecule has 2 aromatic rings. The SMILES string of the molecule is CCC(NC(=O)CCCN(c1cccc(Cl)c1)S(C)(=O)=O)c1ccc(C)c(C)c1. The molecule has 1 N–H and O–H groups in total. The first-order valence-corrected chi connectivity index (χ1v) is 11.9. The number of amides is 1. The predicted octanol–water partition coefficient (Wildman–Crippen LogP) is 4.77. The number of hydrogen-bond donors (Lipinski definition) is 1. The highest BCUT2D eigenvalue weighted by Crippen LogP contribution is 2.23. The van der Waals surface area contributed by atoms with E-state index in [4.69, 9.17) is 11.6 Å². The third-order valence-electron chi connectivity index (χ3n) is 4.94. The van der Waals surface area contributed by atoms with Crippen molar-refractivity contribution in [2.24, 2.45) is 0 Å². The normalized spacial score (nSPS) is 12.4. The first-order chi connectivity index (χ1) is 13.6. The Morgan fingerprint density at radius 1 is 1.14 bits per heavy atom. The summed E-state index contributed by atoms with van der Waals surface area (Å²) in [5.41, 5.74) is 4.00. The van der Waals surface area contributed by atoms with E-state index in [9.17, 15) is 13.2 Å². The molecule has 0 saturated heterocycles. The standard InChI is InChI=1S/C22H29ClN2O3S/c1-5-21(18-12-11-16(2)17(3)14-18)24-22(26)10-7-13-25(29(4,27)28)20-9-6-8-19(23)15-20/h6,8-9,11-12,14-15,21H,5,7,10,13H2,1-4H3,(H,24,26). The van der Waals surface area contributed by atoms with Gasteiger partial charge in [0.15, 0.2) is 0 Å². The molecular weight excluding hydrogens is 408 g/mol. The molecule has 0 radical (unpaired) electrons. The molecule has 7 heteroatoms. The van der Waals surface area contributed by atoms with Crippen LogP contribution in [-0.2, 0) is 14.8 Å². The highest BCUT2D eigenvalue weighted by Gasteiger charge is 2.19. The molecule has 29 heavy (non-hydrogen) atoms. The van der Waals surface area contributed by atoms with Gasteiger partial charge in [-0.05, 0) is 61.6 Å². The molecular formula is C22H29ClN2O3S. The van der Waals surface area contributed by atoms with E-state index in [1.807, 2.05) is 13.0 Å². The van der Waals surface area contributed by atoms with E-state index in [1.54, 1.807) is 24.3 Å². The van der Waals surface area contributed by atoms with E-state index < -0.39 is 10.0 Å². The van der Waals surface area contributed by atoms with Crippen molar-refractivity contribution in [2.45, 2.75) is 46.1 Å². The lowest BCUT2D eigenvalue weighted by Crippen LogP contribution is -2.33. The number of aryl methyl sites for hydroxylation is 2. The van der Waals surface area contributed by atoms with Crippen LogP contribution in [0.2, 0.25) is 5.02 Å². The molecule has 0 spiro atoms. The molecule has 5 nitrogen and oxygen atoms in total. The molecule has 1 amide bonds. The Kier molecular flexibility index (Phi) is 8.11. The van der Waals surface area contributed by atoms with E-state index in [-0.39, 0.29) is 24.9 Å². The van der Waals surface area contributed by atoms with E-state index in [0.29, 0.717) is 17.1 Å². The zero-order valence-electron chi connectivity index (χ0n) is 17.4. The third-order valence-corrected chi connectivity index (χ3v) is 6.37. The summed E-state index contributed by atoms with van der Waals surface area (Å²) in [6.07, 6.45) is 2.59. The molecule has 0 bridgehead atoms. The van der Waals surface area contributed by atoms with Gasteiger partial charge in [-0.15, -0.1) is 0 Å². The minimum absolute atomic E-state index is 0.0549. The predicted molar refractivity (Wildman–Crippen MR) is 120 cm³/mol. The van der Waals surface area contributed by atoms with Crippen LogP contribution < -0.4 is 9.62 Å². The fourth-order valence-electron chi connectivity index (χ4n) is 3.17. The molecule has 158 valence electrons. The zero-order valence-corrected chi connectivity index (χ0v) is 19.0. The smallest absolute Gasteiger partial charge is 0.232 e. The molecule has 2 rings (SSSR count). The highest BCUT2D eigenvalue weighted by molar-refractivity contribution is 7.92. The van der Waals surface area contributed by atoms with Crippen molar-refractivity contribution >= 4 is 33.2 Å². The molecule has 0 saturated carbocycles. The van der Waals surface area contributed by atoms with Crippen LogP contribution in [0, 0.1) is 13.8 Å². The van der Waals surface area contributed by atoms with Crippen LogP contribution >= 0.6 is 11.6 Å². The van der Waals surface area contributed by atoms with Crippen LogP contribution in [0.5, 0.6) is 0 Å². The van der Waals surface area contributed by atoms with Gasteiger partial charge in [0.2, 0.25) is 15.9 Å². The number of carbonyl (C=O) groups excluding carboxylic acids is 1. The van der Waals surface area contributed by atoms with Gasteiger partial charge < -0.3 is 5.32 Å². The number of rotatable bonds is 9. The molecule has 0 aromatic heterocycles. The molecule has 0 aliphatic carbocycles. The lowest BCUT2D eigenvalue weighted by molar-refractivity contribution is -0.121. The van der Waals surface area contributed by atoms with E-state index in [1.165, 1.54) is 15.4 Å². The number of halogens is 1. The van der Waals surface area contributed by atoms with Gasteiger partial charge in [0, 0.05) is 18.0 Å². The molecule has 0 heterocycles. The lowest BCUT2D eigenvalue weighted by Gasteiger charge is -2.23. The number of nitrogens with one attached hydrogen (secondary N) is 1. The van der Waals surface area contributed by atoms with Crippen molar-refractivity contribution in [3.05, 3.63) is 64.2 Å². The van der Waals surface area contributed by atoms with Crippen LogP contribution in [0.15, 0.2) is 42.5 Å². The number of anilines is 1. The fraction of sp³-hybridized carbons (Fsp3) is 0.409. The maximum Gasteiger partial charge on any atom is 0.232 e. The minimum atomic E-state index is -3.47. The number of sulfonamides is 1. The molecule has 1 atom stereocenters. The first kappa shape index (κ1) is 23.2. The second kappa shape index (κ2) is 10.1. The van der Waals surface area contributed by atoms with E-state index in [2.05, 4.69) is 31.3 Å². The number of benzene rings is 2. The summed E-state index contributed by atoms with van der Waals surface area (Å²) in [4.78, 5) is 12.5. The van der Waals surface area contributed by atoms with Crippen molar-refractivity contribution in [2.75, 3.05) is 17.1 Å². The van der Waals surface area contributed by atoms with Gasteiger partial charge in [-0.2, -0.15) is 0 Å². The van der Waals surface area contributed by atoms with Crippen LogP contribution in [0.1, 0.15) is 48.9 Å². The Balaban J connectivity index is 1.98. The zero-order chi connectivity index (χ0) is 21.6. The van der Waals surface area contributed by atoms with Crippen molar-refractivity contribution in [3.8, 4) is 0 Å². The van der Waals surface area contributed by atoms with Gasteiger partial charge >= 0.3 is 0 Å². The second-order valence-electron chi connectivity index (χ2n) is 7.29. The van der Waals surface area contributed by atoms with Crippen molar-refractivity contribution in [1.82, 2.24) is 5.32 Å². The highest BCUT2D eigenvalue weighted by atomic mass is 35.5. The summed E-state index contributed by atoms with van der Waals surface area (Å²) in [6.45, 7) is 6.37. The van der Waals surface area contributed by atoms with Gasteiger partial charge in [-0.3, -0.25) is 9.10 Å². The Morgan fingerprint density at radius 2 is 1.86 bits per heavy atom. The maximum atomic E-state index is 12.5. The van der Waals surface area contributed by atoms with Crippen LogP contribution in [0.3, 0.4) is 0 Å². The quantitative estimate of drug-likeness (QED) is 0.615. The monoisotopic (exact) mass is 436 g/mol. The Labute approximate surface area is 179 Å². The summed E-state index contributed by atoms with van der Waals surface area (Å²) in [7, 11) is -3.47. The maximum absolute atomic E-state index is 12.5. The summed E-state index contributed by atoms with van der Waals surface area (Å²) >= 11 is 5.99. The summed E-state index contributed by atoms with van der Waals surface area (Å²) in [5.74, 6) is -0.0883. The number of nitrogens with zero attached hydrogens (tertiary/aromatic N) is 1. The van der Waals surface area contributed by atoms with Gasteiger partial charge in [-0.25, -0.2) is 8.42 Å². The van der Waals surface area contributed by atoms with Gasteiger partial charge in [0.1, 0.15) is 0 Å². The largest absolute Gasteiger partial charge is 0.349 e. The second-order valence-corrected chi connectivity index (χ2v) is 9.63. The van der Waals surface area contributed by atoms with Gasteiger partial charge in [0.05, 0.1) is 18.0 Å².